The predicted octanol–water partition coefficient (Wildman–Crippen LogP) is 16.5. The molecule has 2 aliphatic heterocycles. The van der Waals surface area contributed by atoms with Crippen LogP contribution in [-0.2, 0) is 16.2 Å². The number of hydrogen-bond donors (Lipinski definition) is 0. The molecule has 0 saturated carbocycles. The maximum absolute atomic E-state index is 7.36. The summed E-state index contributed by atoms with van der Waals surface area (Å²) in [6, 6.07) is 51.7. The number of aromatic nitrogens is 1. The monoisotopic (exact) mass is 888 g/mol. The number of thiophene rings is 2. The Morgan fingerprint density at radius 3 is 1.83 bits per heavy atom. The highest BCUT2D eigenvalue weighted by Gasteiger charge is 2.46. The summed E-state index contributed by atoms with van der Waals surface area (Å²) in [5.41, 5.74) is 17.2. The molecule has 0 N–H and O–H groups in total. The smallest absolute Gasteiger partial charge is 0.333 e. The van der Waals surface area contributed by atoms with Crippen LogP contribution in [0.25, 0.3) is 101 Å². The summed E-state index contributed by atoms with van der Waals surface area (Å²) in [4.78, 5) is 2.70. The summed E-state index contributed by atoms with van der Waals surface area (Å²) >= 11 is 3.82. The van der Waals surface area contributed by atoms with Crippen molar-refractivity contribution in [2.75, 3.05) is 4.81 Å². The Kier molecular flexibility index (Phi) is 7.52. The first-order valence-electron chi connectivity index (χ1n) is 23.4. The molecule has 66 heavy (non-hydrogen) atoms. The molecule has 8 aromatic carbocycles. The van der Waals surface area contributed by atoms with Crippen LogP contribution in [0.3, 0.4) is 0 Å². The van der Waals surface area contributed by atoms with Crippen LogP contribution in [0.5, 0.6) is 0 Å². The molecule has 320 valence electrons. The Balaban J connectivity index is 1.22. The van der Waals surface area contributed by atoms with Crippen LogP contribution < -0.4 is 15.7 Å². The van der Waals surface area contributed by atoms with Crippen molar-refractivity contribution in [3.05, 3.63) is 150 Å². The number of anilines is 2. The molecule has 0 spiro atoms. The number of rotatable bonds is 1. The molecule has 0 radical (unpaired) electrons. The lowest BCUT2D eigenvalue weighted by molar-refractivity contribution is 0.590. The third-order valence-corrected chi connectivity index (χ3v) is 17.3. The molecule has 14 rings (SSSR count). The highest BCUT2D eigenvalue weighted by Crippen LogP contribution is 2.54. The van der Waals surface area contributed by atoms with Gasteiger partial charge >= 0.3 is 6.85 Å². The molecule has 3 nitrogen and oxygen atoms in total. The first-order valence-corrected chi connectivity index (χ1v) is 25.1. The summed E-state index contributed by atoms with van der Waals surface area (Å²) in [5.74, 6) is 0. The number of benzene rings is 8. The zero-order valence-corrected chi connectivity index (χ0v) is 40.5. The summed E-state index contributed by atoms with van der Waals surface area (Å²) in [7, 11) is 0. The molecule has 0 fully saturated rings. The third-order valence-electron chi connectivity index (χ3n) is 15.0. The lowest BCUT2D eigenvalue weighted by Crippen LogP contribution is -2.60. The zero-order valence-electron chi connectivity index (χ0n) is 38.9. The van der Waals surface area contributed by atoms with Gasteiger partial charge in [0.2, 0.25) is 0 Å². The Hall–Kier alpha value is -6.34. The van der Waals surface area contributed by atoms with E-state index in [0.29, 0.717) is 0 Å². The first kappa shape index (κ1) is 38.9. The van der Waals surface area contributed by atoms with Crippen LogP contribution >= 0.6 is 22.7 Å². The predicted molar refractivity (Wildman–Crippen MR) is 289 cm³/mol. The maximum Gasteiger partial charge on any atom is 0.333 e. The van der Waals surface area contributed by atoms with Crippen molar-refractivity contribution in [2.24, 2.45) is 0 Å². The second-order valence-electron chi connectivity index (χ2n) is 22.1. The van der Waals surface area contributed by atoms with Crippen molar-refractivity contribution in [3.63, 3.8) is 0 Å². The van der Waals surface area contributed by atoms with Crippen molar-refractivity contribution in [1.29, 1.82) is 0 Å². The molecule has 2 aliphatic rings. The molecule has 0 saturated heterocycles. The van der Waals surface area contributed by atoms with Crippen LogP contribution in [-0.4, -0.2) is 11.4 Å². The van der Waals surface area contributed by atoms with Gasteiger partial charge in [-0.15, -0.1) is 22.7 Å². The lowest BCUT2D eigenvalue weighted by Gasteiger charge is -2.42. The van der Waals surface area contributed by atoms with Crippen molar-refractivity contribution >= 4 is 136 Å². The SMILES string of the molecule is CC(C)(C)c1ccc(N2B3c4cc5sc6ccccc6c5cc4-n4c5ccc(C(C)(C)C)cc5c5c6c(oc7ccccc76)c(c3c54)-c3cc4c(cc32)sc2ccc(C(C)(C)C)cc24)cc1. The van der Waals surface area contributed by atoms with Gasteiger partial charge in [-0.2, -0.15) is 0 Å². The van der Waals surface area contributed by atoms with E-state index in [1.807, 2.05) is 22.7 Å². The Morgan fingerprint density at radius 2 is 1.09 bits per heavy atom. The third kappa shape index (κ3) is 5.15. The van der Waals surface area contributed by atoms with E-state index in [0.717, 1.165) is 16.6 Å². The topological polar surface area (TPSA) is 21.3 Å². The Morgan fingerprint density at radius 1 is 0.485 bits per heavy atom. The average Bonchev–Trinajstić information content (AvgIpc) is 4.04. The molecule has 0 unspecified atom stereocenters. The standard InChI is InChI=1S/C60H49BN2OS2/c1-58(2,3)32-18-22-35(23-19-32)63-45-31-51-39(38-26-34(60(7,8)9)21-25-49(38)66-51)28-42(45)54-55-56-52(53-37-15-10-12-16-47(37)64-57(53)54)41-27-33(59(4,5)6)20-24-44(41)62(56)46-29-40-36-14-11-13-17-48(36)65-50(40)30-43(46)61(55)63/h10-31H,1-9H3. The van der Waals surface area contributed by atoms with Gasteiger partial charge in [-0.1, -0.05) is 123 Å². The number of para-hydroxylation sites is 1. The van der Waals surface area contributed by atoms with E-state index in [-0.39, 0.29) is 23.1 Å². The van der Waals surface area contributed by atoms with Crippen LogP contribution in [0.15, 0.2) is 138 Å². The van der Waals surface area contributed by atoms with Gasteiger partial charge in [0.1, 0.15) is 11.2 Å². The molecule has 6 heterocycles. The minimum Gasteiger partial charge on any atom is -0.455 e. The van der Waals surface area contributed by atoms with Gasteiger partial charge < -0.3 is 13.8 Å². The fourth-order valence-electron chi connectivity index (χ4n) is 11.6. The van der Waals surface area contributed by atoms with Gasteiger partial charge in [0.05, 0.1) is 11.0 Å². The fourth-order valence-corrected chi connectivity index (χ4v) is 13.8. The number of hydrogen-bond acceptors (Lipinski definition) is 4. The van der Waals surface area contributed by atoms with Gasteiger partial charge in [-0.25, -0.2) is 0 Å². The number of nitrogens with zero attached hydrogens (tertiary/aromatic N) is 2. The summed E-state index contributed by atoms with van der Waals surface area (Å²) in [5, 5.41) is 10.2. The van der Waals surface area contributed by atoms with E-state index in [1.54, 1.807) is 0 Å². The quantitative estimate of drug-likeness (QED) is 0.153. The van der Waals surface area contributed by atoms with Crippen molar-refractivity contribution < 1.29 is 4.42 Å². The molecule has 0 bridgehead atoms. The van der Waals surface area contributed by atoms with Crippen LogP contribution in [0.1, 0.15) is 79.0 Å². The van der Waals surface area contributed by atoms with Crippen LogP contribution in [0.2, 0.25) is 0 Å². The largest absolute Gasteiger partial charge is 0.455 e. The second kappa shape index (κ2) is 12.8. The maximum atomic E-state index is 7.36. The summed E-state index contributed by atoms with van der Waals surface area (Å²) < 4.78 is 15.3. The van der Waals surface area contributed by atoms with Crippen molar-refractivity contribution in [1.82, 2.24) is 4.57 Å². The summed E-state index contributed by atoms with van der Waals surface area (Å²) in [6.07, 6.45) is 0. The number of fused-ring (bicyclic) bond motifs is 19. The average molecular weight is 889 g/mol. The molecule has 12 aromatic rings. The highest BCUT2D eigenvalue weighted by atomic mass is 32.1. The van der Waals surface area contributed by atoms with E-state index in [2.05, 4.69) is 205 Å². The van der Waals surface area contributed by atoms with Crippen molar-refractivity contribution in [3.8, 4) is 16.8 Å². The molecule has 0 amide bonds. The Labute approximate surface area is 393 Å². The van der Waals surface area contributed by atoms with Crippen LogP contribution in [0, 0.1) is 0 Å². The zero-order chi connectivity index (χ0) is 44.9. The molecule has 6 heteroatoms. The van der Waals surface area contributed by atoms with Gasteiger partial charge in [-0.05, 0) is 117 Å². The van der Waals surface area contributed by atoms with E-state index < -0.39 is 0 Å². The lowest BCUT2D eigenvalue weighted by atomic mass is 9.43. The van der Waals surface area contributed by atoms with E-state index >= 15 is 0 Å². The first-order chi connectivity index (χ1) is 31.6. The number of furan rings is 1. The van der Waals surface area contributed by atoms with E-state index in [9.17, 15) is 0 Å². The highest BCUT2D eigenvalue weighted by molar-refractivity contribution is 7.26. The van der Waals surface area contributed by atoms with E-state index in [4.69, 9.17) is 4.42 Å². The normalized spacial score (nSPS) is 14.1. The molecular formula is C60H49BN2OS2. The second-order valence-corrected chi connectivity index (χ2v) is 24.3. The minimum atomic E-state index is -0.143. The van der Waals surface area contributed by atoms with Gasteiger partial charge in [-0.3, -0.25) is 0 Å². The molecule has 0 atom stereocenters. The minimum absolute atomic E-state index is 0.0240. The molecular weight excluding hydrogens is 840 g/mol. The summed E-state index contributed by atoms with van der Waals surface area (Å²) in [6.45, 7) is 20.7. The van der Waals surface area contributed by atoms with Crippen LogP contribution in [0.4, 0.5) is 11.4 Å². The van der Waals surface area contributed by atoms with Gasteiger partial charge in [0, 0.05) is 90.1 Å². The molecule has 4 aromatic heterocycles. The van der Waals surface area contributed by atoms with E-state index in [1.165, 1.54) is 123 Å². The Bertz CT molecular complexity index is 4120. The fraction of sp³-hybridized carbons (Fsp3) is 0.200. The molecule has 0 aliphatic carbocycles. The van der Waals surface area contributed by atoms with Gasteiger partial charge in [0.15, 0.2) is 0 Å². The van der Waals surface area contributed by atoms with Crippen molar-refractivity contribution in [2.45, 2.75) is 78.6 Å². The van der Waals surface area contributed by atoms with Gasteiger partial charge in [0.25, 0.3) is 0 Å².